The van der Waals surface area contributed by atoms with E-state index < -0.39 is 5.25 Å². The topological polar surface area (TPSA) is 148 Å². The Morgan fingerprint density at radius 2 is 1.62 bits per heavy atom. The summed E-state index contributed by atoms with van der Waals surface area (Å²) in [5, 5.41) is 25.2. The molecular formula is C34H32N6O4S. The van der Waals surface area contributed by atoms with Crippen LogP contribution in [0.2, 0.25) is 0 Å². The van der Waals surface area contributed by atoms with Crippen molar-refractivity contribution in [3.63, 3.8) is 0 Å². The van der Waals surface area contributed by atoms with Gasteiger partial charge in [-0.15, -0.1) is 0 Å². The Morgan fingerprint density at radius 1 is 0.956 bits per heavy atom. The summed E-state index contributed by atoms with van der Waals surface area (Å²) in [5.41, 5.74) is 10.0. The molecule has 2 aromatic heterocycles. The number of hydrogen-bond donors (Lipinski definition) is 2. The lowest BCUT2D eigenvalue weighted by Gasteiger charge is -2.19. The van der Waals surface area contributed by atoms with Gasteiger partial charge < -0.3 is 29.8 Å². The van der Waals surface area contributed by atoms with Gasteiger partial charge in [-0.1, -0.05) is 36.9 Å². The fourth-order valence-electron chi connectivity index (χ4n) is 5.55. The minimum atomic E-state index is -0.614. The molecule has 45 heavy (non-hydrogen) atoms. The van der Waals surface area contributed by atoms with Gasteiger partial charge in [-0.05, 0) is 55.3 Å². The van der Waals surface area contributed by atoms with Crippen molar-refractivity contribution in [3.8, 4) is 40.5 Å². The number of nitriles is 2. The van der Waals surface area contributed by atoms with Crippen molar-refractivity contribution in [1.82, 2.24) is 9.55 Å². The van der Waals surface area contributed by atoms with E-state index in [0.717, 1.165) is 40.1 Å². The zero-order valence-corrected chi connectivity index (χ0v) is 26.4. The van der Waals surface area contributed by atoms with Gasteiger partial charge in [0, 0.05) is 39.6 Å². The molecule has 10 nitrogen and oxygen atoms in total. The van der Waals surface area contributed by atoms with E-state index in [0.29, 0.717) is 34.9 Å². The quantitative estimate of drug-likeness (QED) is 0.162. The Morgan fingerprint density at radius 3 is 2.22 bits per heavy atom. The van der Waals surface area contributed by atoms with E-state index in [1.165, 1.54) is 21.3 Å². The van der Waals surface area contributed by atoms with Gasteiger partial charge in [-0.3, -0.25) is 4.79 Å². The maximum absolute atomic E-state index is 13.6. The van der Waals surface area contributed by atoms with Gasteiger partial charge in [0.25, 0.3) is 0 Å². The SMILES string of the molecule is CCC(Sc1nc(N)c(C#N)c(-c2cc(OC)c(OC)c(OC)c2)c1C#N)C(=O)Nc1ccc2c(c1)c1ccccc1n2CC. The molecule has 228 valence electrons. The minimum Gasteiger partial charge on any atom is -0.493 e. The third-order valence-corrected chi connectivity index (χ3v) is 8.99. The number of nitrogens with one attached hydrogen (secondary N) is 1. The molecule has 3 N–H and O–H groups in total. The molecule has 5 aromatic rings. The van der Waals surface area contributed by atoms with Crippen molar-refractivity contribution in [2.45, 2.75) is 37.1 Å². The van der Waals surface area contributed by atoms with Crippen molar-refractivity contribution in [3.05, 3.63) is 65.7 Å². The summed E-state index contributed by atoms with van der Waals surface area (Å²) in [6.07, 6.45) is 0.444. The second-order valence-corrected chi connectivity index (χ2v) is 11.3. The molecule has 1 atom stereocenters. The number of carbonyl (C=O) groups excluding carboxylic acids is 1. The third kappa shape index (κ3) is 5.54. The van der Waals surface area contributed by atoms with E-state index in [1.807, 2.05) is 37.3 Å². The second kappa shape index (κ2) is 13.1. The molecule has 11 heteroatoms. The van der Waals surface area contributed by atoms with Gasteiger partial charge in [0.2, 0.25) is 11.7 Å². The zero-order valence-electron chi connectivity index (χ0n) is 25.6. The number of methoxy groups -OCH3 is 3. The Hall–Kier alpha value is -5.39. The number of anilines is 2. The van der Waals surface area contributed by atoms with Gasteiger partial charge in [-0.25, -0.2) is 4.98 Å². The molecular weight excluding hydrogens is 588 g/mol. The molecule has 0 aliphatic heterocycles. The van der Waals surface area contributed by atoms with E-state index >= 15 is 0 Å². The highest BCUT2D eigenvalue weighted by atomic mass is 32.2. The number of pyridine rings is 1. The number of nitrogen functional groups attached to an aromatic ring is 1. The standard InChI is InChI=1S/C34H32N6O4S/c1-6-29(33(41)38-20-12-13-26-22(16-20)21-10-8-9-11-25(21)40(26)7-2)45-34-24(18-36)30(23(17-35)32(37)39-34)19-14-27(42-3)31(44-5)28(15-19)43-4/h8-16,29H,6-7H2,1-5H3,(H2,37,39)(H,38,41). The van der Waals surface area contributed by atoms with Crippen LogP contribution in [0.15, 0.2) is 59.6 Å². The number of amides is 1. The van der Waals surface area contributed by atoms with Crippen LogP contribution in [0.1, 0.15) is 31.4 Å². The lowest BCUT2D eigenvalue weighted by atomic mass is 9.96. The van der Waals surface area contributed by atoms with Crippen LogP contribution in [0.3, 0.4) is 0 Å². The Balaban J connectivity index is 1.53. The van der Waals surface area contributed by atoms with Crippen molar-refractivity contribution < 1.29 is 19.0 Å². The zero-order chi connectivity index (χ0) is 32.2. The largest absolute Gasteiger partial charge is 0.493 e. The maximum Gasteiger partial charge on any atom is 0.237 e. The first-order chi connectivity index (χ1) is 21.8. The second-order valence-electron chi connectivity index (χ2n) is 10.1. The van der Waals surface area contributed by atoms with E-state index in [9.17, 15) is 15.3 Å². The van der Waals surface area contributed by atoms with Gasteiger partial charge in [-0.2, -0.15) is 10.5 Å². The first-order valence-corrected chi connectivity index (χ1v) is 15.1. The summed E-state index contributed by atoms with van der Waals surface area (Å²) in [4.78, 5) is 18.0. The maximum atomic E-state index is 13.6. The number of benzene rings is 3. The molecule has 2 heterocycles. The number of ether oxygens (including phenoxy) is 3. The molecule has 1 amide bonds. The minimum absolute atomic E-state index is 0.0298. The Bertz CT molecular complexity index is 2000. The Labute approximate surface area is 265 Å². The first-order valence-electron chi connectivity index (χ1n) is 14.3. The predicted octanol–water partition coefficient (Wildman–Crippen LogP) is 6.74. The summed E-state index contributed by atoms with van der Waals surface area (Å²) < 4.78 is 18.7. The number of thioether (sulfide) groups is 1. The number of carbonyl (C=O) groups is 1. The van der Waals surface area contributed by atoms with Crippen LogP contribution in [-0.4, -0.2) is 42.0 Å². The third-order valence-electron chi connectivity index (χ3n) is 7.64. The fourth-order valence-corrected chi connectivity index (χ4v) is 6.57. The van der Waals surface area contributed by atoms with E-state index in [-0.39, 0.29) is 33.4 Å². The number of aryl methyl sites for hydroxylation is 1. The van der Waals surface area contributed by atoms with E-state index in [4.69, 9.17) is 19.9 Å². The average molecular weight is 621 g/mol. The van der Waals surface area contributed by atoms with E-state index in [1.54, 1.807) is 12.1 Å². The molecule has 0 saturated carbocycles. The number of nitrogens with zero attached hydrogens (tertiary/aromatic N) is 4. The lowest BCUT2D eigenvalue weighted by molar-refractivity contribution is -0.115. The molecule has 0 aliphatic carbocycles. The molecule has 0 spiro atoms. The molecule has 5 rings (SSSR count). The highest BCUT2D eigenvalue weighted by molar-refractivity contribution is 8.00. The van der Waals surface area contributed by atoms with Gasteiger partial charge in [0.05, 0.1) is 32.1 Å². The summed E-state index contributed by atoms with van der Waals surface area (Å²) in [6.45, 7) is 4.82. The van der Waals surface area contributed by atoms with Crippen molar-refractivity contribution >= 4 is 51.0 Å². The van der Waals surface area contributed by atoms with Gasteiger partial charge in [0.15, 0.2) is 11.5 Å². The number of rotatable bonds is 10. The molecule has 3 aromatic carbocycles. The molecule has 0 bridgehead atoms. The van der Waals surface area contributed by atoms with Crippen molar-refractivity contribution in [1.29, 1.82) is 10.5 Å². The molecule has 0 radical (unpaired) electrons. The highest BCUT2D eigenvalue weighted by Crippen LogP contribution is 2.45. The van der Waals surface area contributed by atoms with Crippen LogP contribution in [0, 0.1) is 22.7 Å². The Kier molecular flexibility index (Phi) is 9.03. The van der Waals surface area contributed by atoms with Crippen LogP contribution < -0.4 is 25.3 Å². The number of hydrogen-bond acceptors (Lipinski definition) is 9. The first kappa shape index (κ1) is 31.0. The van der Waals surface area contributed by atoms with Gasteiger partial charge in [0.1, 0.15) is 28.5 Å². The molecule has 1 unspecified atom stereocenters. The number of para-hydroxylation sites is 1. The normalized spacial score (nSPS) is 11.5. The van der Waals surface area contributed by atoms with Crippen molar-refractivity contribution in [2.24, 2.45) is 0 Å². The van der Waals surface area contributed by atoms with Crippen molar-refractivity contribution in [2.75, 3.05) is 32.4 Å². The fraction of sp³-hybridized carbons (Fsp3) is 0.235. The summed E-state index contributed by atoms with van der Waals surface area (Å²) in [6, 6.07) is 21.7. The van der Waals surface area contributed by atoms with Crippen LogP contribution in [0.25, 0.3) is 32.9 Å². The van der Waals surface area contributed by atoms with Gasteiger partial charge >= 0.3 is 0 Å². The predicted molar refractivity (Wildman–Crippen MR) is 177 cm³/mol. The van der Waals surface area contributed by atoms with Crippen LogP contribution in [0.5, 0.6) is 17.2 Å². The molecule has 0 saturated heterocycles. The van der Waals surface area contributed by atoms with Crippen LogP contribution >= 0.6 is 11.8 Å². The monoisotopic (exact) mass is 620 g/mol. The number of aromatic nitrogens is 2. The number of nitrogens with two attached hydrogens (primary N) is 1. The highest BCUT2D eigenvalue weighted by Gasteiger charge is 2.27. The molecule has 0 aliphatic rings. The van der Waals surface area contributed by atoms with Crippen LogP contribution in [0.4, 0.5) is 11.5 Å². The van der Waals surface area contributed by atoms with E-state index in [2.05, 4.69) is 46.1 Å². The average Bonchev–Trinajstić information content (AvgIpc) is 3.38. The molecule has 0 fully saturated rings. The lowest BCUT2D eigenvalue weighted by Crippen LogP contribution is -2.25. The summed E-state index contributed by atoms with van der Waals surface area (Å²) >= 11 is 1.12. The number of fused-ring (bicyclic) bond motifs is 3. The van der Waals surface area contributed by atoms with Crippen LogP contribution in [-0.2, 0) is 11.3 Å². The summed E-state index contributed by atoms with van der Waals surface area (Å²) in [7, 11) is 4.44. The smallest absolute Gasteiger partial charge is 0.237 e. The summed E-state index contributed by atoms with van der Waals surface area (Å²) in [5.74, 6) is 0.737.